The van der Waals surface area contributed by atoms with E-state index >= 15 is 0 Å². The molecule has 17 nitrogen and oxygen atoms in total. The van der Waals surface area contributed by atoms with Crippen molar-refractivity contribution in [2.45, 2.75) is 158 Å². The number of nitrogens with zero attached hydrogens (tertiary/aromatic N) is 5. The Morgan fingerprint density at radius 1 is 0.708 bits per heavy atom. The van der Waals surface area contributed by atoms with E-state index in [1.54, 1.807) is 18.0 Å². The van der Waals surface area contributed by atoms with E-state index in [-0.39, 0.29) is 59.7 Å². The quantitative estimate of drug-likeness (QED) is 0.248. The molecule has 356 valence electrons. The zero-order valence-electron chi connectivity index (χ0n) is 38.4. The lowest BCUT2D eigenvalue weighted by Crippen LogP contribution is -2.58. The van der Waals surface area contributed by atoms with Crippen molar-refractivity contribution < 1.29 is 48.0 Å². The van der Waals surface area contributed by atoms with E-state index in [4.69, 9.17) is 24.1 Å². The lowest BCUT2D eigenvalue weighted by atomic mass is 9.78. The fourth-order valence-electron chi connectivity index (χ4n) is 11.8. The van der Waals surface area contributed by atoms with Crippen molar-refractivity contribution in [3.05, 3.63) is 60.2 Å². The molecule has 8 saturated heterocycles. The molecular weight excluding hydrogens is 835 g/mol. The van der Waals surface area contributed by atoms with Crippen molar-refractivity contribution >= 4 is 30.0 Å². The highest BCUT2D eigenvalue weighted by Crippen LogP contribution is 2.43. The standard InChI is InChI=1S/C23H32N4O4.C14H18N2O2.C10H15NO3.CH4O/c1-2-30-22(29)27-17-6-7-18(27)15-19(14-17)26-11-8-23(9-12-26)20(25-21(28)31-23)13-16-5-3-4-10-24-16;17-13-10-11(9-12-3-1-2-6-16-12)14(18-13)4-7-15-8-5-14;1-2-14-10(13)11-7-3-4-8(11)6-9(12)5-7;1-2/h3-5,10,17-20H,2,6-9,11-15H2,1H3,(H,25,28);1-3,6,11,15H,4-5,7-10H2;7-8H,2-6H2,1H3;2H,1H3. The first-order chi connectivity index (χ1) is 31.6. The van der Waals surface area contributed by atoms with Gasteiger partial charge in [-0.2, -0.15) is 0 Å². The predicted octanol–water partition coefficient (Wildman–Crippen LogP) is 4.98. The minimum absolute atomic E-state index is 0.0427. The molecule has 8 aliphatic rings. The number of Topliss-reactive ketones (excluding diaryl/α,β-unsaturated/α-hetero) is 1. The first-order valence-corrected chi connectivity index (χ1v) is 23.9. The van der Waals surface area contributed by atoms with Gasteiger partial charge in [0.25, 0.3) is 0 Å². The van der Waals surface area contributed by atoms with Crippen LogP contribution in [0.1, 0.15) is 109 Å². The summed E-state index contributed by atoms with van der Waals surface area (Å²) < 4.78 is 21.8. The summed E-state index contributed by atoms with van der Waals surface area (Å²) >= 11 is 0. The molecule has 2 aromatic heterocycles. The molecule has 8 fully saturated rings. The fourth-order valence-corrected chi connectivity index (χ4v) is 11.8. The third-order valence-corrected chi connectivity index (χ3v) is 14.8. The topological polar surface area (TPSA) is 202 Å². The summed E-state index contributed by atoms with van der Waals surface area (Å²) in [5.74, 6) is 0.526. The Bertz CT molecular complexity index is 1880. The Hall–Kier alpha value is -4.87. The number of ether oxygens (including phenoxy) is 4. The van der Waals surface area contributed by atoms with E-state index in [1.165, 1.54) is 0 Å². The van der Waals surface area contributed by atoms with E-state index in [0.717, 1.165) is 115 Å². The van der Waals surface area contributed by atoms with Crippen LogP contribution in [0.2, 0.25) is 0 Å². The molecule has 2 spiro atoms. The Labute approximate surface area is 382 Å². The maximum absolute atomic E-state index is 12.4. The number of nitrogens with one attached hydrogen (secondary N) is 2. The third kappa shape index (κ3) is 11.2. The van der Waals surface area contributed by atoms with Crippen LogP contribution in [0.25, 0.3) is 0 Å². The number of amides is 3. The largest absolute Gasteiger partial charge is 0.459 e. The summed E-state index contributed by atoms with van der Waals surface area (Å²) in [6, 6.07) is 13.1. The molecule has 6 atom stereocenters. The molecule has 2 aromatic rings. The summed E-state index contributed by atoms with van der Waals surface area (Å²) in [5.41, 5.74) is 1.34. The van der Waals surface area contributed by atoms with Gasteiger partial charge in [-0.15, -0.1) is 0 Å². The normalized spacial score (nSPS) is 29.2. The van der Waals surface area contributed by atoms with Gasteiger partial charge in [0, 0.05) is 125 Å². The molecule has 0 saturated carbocycles. The first-order valence-electron chi connectivity index (χ1n) is 23.9. The van der Waals surface area contributed by atoms with Gasteiger partial charge < -0.3 is 44.5 Å². The molecule has 10 rings (SSSR count). The van der Waals surface area contributed by atoms with Gasteiger partial charge in [0.2, 0.25) is 0 Å². The lowest BCUT2D eigenvalue weighted by Gasteiger charge is -2.47. The average molecular weight is 904 g/mol. The first kappa shape index (κ1) is 48.1. The fraction of sp³-hybridized carbons (Fsp3) is 0.688. The van der Waals surface area contributed by atoms with E-state index in [9.17, 15) is 24.0 Å². The molecule has 65 heavy (non-hydrogen) atoms. The maximum Gasteiger partial charge on any atom is 0.410 e. The molecule has 3 N–H and O–H groups in total. The summed E-state index contributed by atoms with van der Waals surface area (Å²) in [6.45, 7) is 8.20. The number of aromatic nitrogens is 2. The minimum Gasteiger partial charge on any atom is -0.459 e. The van der Waals surface area contributed by atoms with Gasteiger partial charge in [0.1, 0.15) is 17.0 Å². The number of piperidine rings is 4. The predicted molar refractivity (Wildman–Crippen MR) is 239 cm³/mol. The molecular formula is C48H69N7O10. The van der Waals surface area contributed by atoms with Crippen LogP contribution in [0.15, 0.2) is 48.8 Å². The monoisotopic (exact) mass is 904 g/mol. The summed E-state index contributed by atoms with van der Waals surface area (Å²) in [4.78, 5) is 74.1. The van der Waals surface area contributed by atoms with Crippen LogP contribution in [0.4, 0.5) is 14.4 Å². The van der Waals surface area contributed by atoms with Crippen molar-refractivity contribution in [1.29, 1.82) is 0 Å². The number of hydrogen-bond acceptors (Lipinski definition) is 14. The smallest absolute Gasteiger partial charge is 0.410 e. The van der Waals surface area contributed by atoms with Crippen molar-refractivity contribution in [2.24, 2.45) is 5.92 Å². The molecule has 4 bridgehead atoms. The highest BCUT2D eigenvalue weighted by Gasteiger charge is 2.53. The molecule has 0 aromatic carbocycles. The number of carbonyl (C=O) groups is 5. The van der Waals surface area contributed by atoms with Crippen LogP contribution in [0.5, 0.6) is 0 Å². The molecule has 10 heterocycles. The highest BCUT2D eigenvalue weighted by molar-refractivity contribution is 5.83. The van der Waals surface area contributed by atoms with Gasteiger partial charge >= 0.3 is 24.2 Å². The third-order valence-electron chi connectivity index (χ3n) is 14.8. The number of aliphatic hydroxyl groups excluding tert-OH is 1. The SMILES string of the molecule is CCOC(=O)N1C2CCC1CC(=O)C2.CCOC(=O)N1C2CCC1CC(N1CCC3(CC1)OC(=O)NC3Cc1ccccn1)C2.CO.O=C1CC(Cc2ccccn2)C2(CCNCC2)O1. The van der Waals surface area contributed by atoms with E-state index in [1.807, 2.05) is 54.4 Å². The molecule has 8 aliphatic heterocycles. The zero-order chi connectivity index (χ0) is 46.0. The van der Waals surface area contributed by atoms with Gasteiger partial charge in [-0.1, -0.05) is 12.1 Å². The molecule has 3 amide bonds. The number of pyridine rings is 2. The Morgan fingerprint density at radius 3 is 1.78 bits per heavy atom. The minimum atomic E-state index is -0.449. The number of aliphatic hydroxyl groups is 1. The second-order valence-corrected chi connectivity index (χ2v) is 18.5. The number of hydrogen-bond donors (Lipinski definition) is 3. The Kier molecular flexibility index (Phi) is 16.3. The number of esters is 1. The van der Waals surface area contributed by atoms with Gasteiger partial charge in [-0.3, -0.25) is 24.5 Å². The number of fused-ring (bicyclic) bond motifs is 4. The second-order valence-electron chi connectivity index (χ2n) is 18.5. The summed E-state index contributed by atoms with van der Waals surface area (Å²) in [7, 11) is 1.00. The van der Waals surface area contributed by atoms with E-state index in [2.05, 4.69) is 25.5 Å². The molecule has 0 radical (unpaired) electrons. The van der Waals surface area contributed by atoms with Crippen LogP contribution in [0.3, 0.4) is 0 Å². The lowest BCUT2D eigenvalue weighted by molar-refractivity contribution is -0.151. The highest BCUT2D eigenvalue weighted by atomic mass is 16.6. The molecule has 17 heteroatoms. The second kappa shape index (κ2) is 22.1. The molecule has 0 aliphatic carbocycles. The maximum atomic E-state index is 12.4. The number of rotatable bonds is 7. The number of likely N-dealkylation sites (tertiary alicyclic amines) is 1. The van der Waals surface area contributed by atoms with Crippen LogP contribution in [-0.2, 0) is 41.4 Å². The molecule has 6 unspecified atom stereocenters. The van der Waals surface area contributed by atoms with Crippen molar-refractivity contribution in [1.82, 2.24) is 35.3 Å². The van der Waals surface area contributed by atoms with Gasteiger partial charge in [0.05, 0.1) is 25.7 Å². The van der Waals surface area contributed by atoms with E-state index in [0.29, 0.717) is 57.0 Å². The van der Waals surface area contributed by atoms with Crippen molar-refractivity contribution in [3.8, 4) is 0 Å². The van der Waals surface area contributed by atoms with E-state index < -0.39 is 5.60 Å². The zero-order valence-corrected chi connectivity index (χ0v) is 38.4. The average Bonchev–Trinajstić information content (AvgIpc) is 3.97. The number of alkyl carbamates (subject to hydrolysis) is 1. The van der Waals surface area contributed by atoms with Gasteiger partial charge in [0.15, 0.2) is 0 Å². The Morgan fingerprint density at radius 2 is 1.25 bits per heavy atom. The number of ketones is 1. The number of carbonyl (C=O) groups excluding carboxylic acids is 5. The van der Waals surface area contributed by atoms with Crippen LogP contribution < -0.4 is 10.6 Å². The van der Waals surface area contributed by atoms with Gasteiger partial charge in [-0.25, -0.2) is 14.4 Å². The van der Waals surface area contributed by atoms with Crippen LogP contribution in [-0.4, -0.2) is 154 Å². The summed E-state index contributed by atoms with van der Waals surface area (Å²) in [5, 5.41) is 13.4. The summed E-state index contributed by atoms with van der Waals surface area (Å²) in [6.07, 6.45) is 15.6. The Balaban J connectivity index is 0.000000157. The van der Waals surface area contributed by atoms with Gasteiger partial charge in [-0.05, 0) is 96.1 Å². The van der Waals surface area contributed by atoms with Crippen LogP contribution >= 0.6 is 0 Å². The van der Waals surface area contributed by atoms with Crippen molar-refractivity contribution in [3.63, 3.8) is 0 Å². The van der Waals surface area contributed by atoms with Crippen molar-refractivity contribution in [2.75, 3.05) is 46.5 Å². The van der Waals surface area contributed by atoms with Crippen LogP contribution in [0, 0.1) is 5.92 Å².